The lowest BCUT2D eigenvalue weighted by Crippen LogP contribution is -2.32. The molecule has 1 N–H and O–H groups in total. The maximum absolute atomic E-state index is 10.7. The van der Waals surface area contributed by atoms with Crippen LogP contribution in [0, 0.1) is 0 Å². The van der Waals surface area contributed by atoms with Crippen molar-refractivity contribution in [1.82, 2.24) is 4.90 Å². The van der Waals surface area contributed by atoms with E-state index in [9.17, 15) is 5.11 Å². The van der Waals surface area contributed by atoms with Gasteiger partial charge in [0.1, 0.15) is 0 Å². The Bertz CT molecular complexity index is 382. The van der Waals surface area contributed by atoms with E-state index < -0.39 is 5.60 Å². The van der Waals surface area contributed by atoms with Gasteiger partial charge in [-0.05, 0) is 50.6 Å². The summed E-state index contributed by atoms with van der Waals surface area (Å²) in [6.07, 6.45) is 3.63. The third-order valence-corrected chi connectivity index (χ3v) is 4.06. The quantitative estimate of drug-likeness (QED) is 0.907. The van der Waals surface area contributed by atoms with Gasteiger partial charge in [0, 0.05) is 17.4 Å². The number of aliphatic hydroxyl groups is 1. The largest absolute Gasteiger partial charge is 0.389 e. The van der Waals surface area contributed by atoms with Crippen molar-refractivity contribution >= 4 is 15.9 Å². The van der Waals surface area contributed by atoms with Crippen LogP contribution in [0.1, 0.15) is 24.8 Å². The Balaban J connectivity index is 2.06. The summed E-state index contributed by atoms with van der Waals surface area (Å²) in [5.74, 6) is 0. The zero-order valence-corrected chi connectivity index (χ0v) is 11.9. The van der Waals surface area contributed by atoms with Crippen LogP contribution in [0.3, 0.4) is 0 Å². The number of halogens is 1. The summed E-state index contributed by atoms with van der Waals surface area (Å²) in [4.78, 5) is 2.30. The lowest BCUT2D eigenvalue weighted by molar-refractivity contribution is 0.0263. The molecule has 1 aromatic carbocycles. The fourth-order valence-electron chi connectivity index (χ4n) is 2.52. The van der Waals surface area contributed by atoms with Crippen molar-refractivity contribution in [2.45, 2.75) is 31.3 Å². The molecule has 0 spiro atoms. The molecule has 0 amide bonds. The molecule has 1 atom stereocenters. The average Bonchev–Trinajstić information content (AvgIpc) is 2.41. The second kappa shape index (κ2) is 5.51. The van der Waals surface area contributed by atoms with Crippen molar-refractivity contribution in [3.05, 3.63) is 34.3 Å². The van der Waals surface area contributed by atoms with Crippen molar-refractivity contribution in [3.63, 3.8) is 0 Å². The third-order valence-electron chi connectivity index (χ3n) is 3.56. The average molecular weight is 298 g/mol. The van der Waals surface area contributed by atoms with Gasteiger partial charge in [0.2, 0.25) is 0 Å². The van der Waals surface area contributed by atoms with Gasteiger partial charge < -0.3 is 10.0 Å². The Labute approximate surface area is 112 Å². The van der Waals surface area contributed by atoms with E-state index in [4.69, 9.17) is 0 Å². The second-order valence-corrected chi connectivity index (χ2v) is 6.10. The highest BCUT2D eigenvalue weighted by molar-refractivity contribution is 9.10. The first kappa shape index (κ1) is 13.1. The number of hydrogen-bond acceptors (Lipinski definition) is 2. The molecule has 2 rings (SSSR count). The summed E-state index contributed by atoms with van der Waals surface area (Å²) in [7, 11) is 2.13. The molecule has 0 aromatic heterocycles. The minimum absolute atomic E-state index is 0.522. The molecule has 0 bridgehead atoms. The van der Waals surface area contributed by atoms with Crippen LogP contribution in [0.15, 0.2) is 28.7 Å². The lowest BCUT2D eigenvalue weighted by Gasteiger charge is -2.26. The summed E-state index contributed by atoms with van der Waals surface area (Å²) in [6.45, 7) is 2.09. The summed E-state index contributed by atoms with van der Waals surface area (Å²) >= 11 is 3.48. The van der Waals surface area contributed by atoms with Crippen LogP contribution >= 0.6 is 15.9 Å². The second-order valence-electron chi connectivity index (χ2n) is 5.19. The van der Waals surface area contributed by atoms with Gasteiger partial charge in [-0.25, -0.2) is 0 Å². The minimum atomic E-state index is -0.522. The fraction of sp³-hybridized carbons (Fsp3) is 0.571. The van der Waals surface area contributed by atoms with E-state index in [-0.39, 0.29) is 0 Å². The van der Waals surface area contributed by atoms with Gasteiger partial charge in [-0.1, -0.05) is 28.1 Å². The monoisotopic (exact) mass is 297 g/mol. The molecule has 1 unspecified atom stereocenters. The van der Waals surface area contributed by atoms with Gasteiger partial charge in [-0.15, -0.1) is 0 Å². The topological polar surface area (TPSA) is 23.5 Å². The minimum Gasteiger partial charge on any atom is -0.389 e. The number of rotatable bonds is 2. The van der Waals surface area contributed by atoms with Gasteiger partial charge in [-0.3, -0.25) is 0 Å². The Hall–Kier alpha value is -0.380. The first-order valence-electron chi connectivity index (χ1n) is 6.23. The van der Waals surface area contributed by atoms with Gasteiger partial charge in [-0.2, -0.15) is 0 Å². The molecule has 1 aliphatic rings. The molecule has 1 fully saturated rings. The van der Waals surface area contributed by atoms with Crippen LogP contribution in [0.4, 0.5) is 0 Å². The van der Waals surface area contributed by atoms with Crippen molar-refractivity contribution in [2.24, 2.45) is 0 Å². The molecule has 3 heteroatoms. The molecule has 0 saturated carbocycles. The zero-order chi connectivity index (χ0) is 12.3. The van der Waals surface area contributed by atoms with Crippen LogP contribution in [0.5, 0.6) is 0 Å². The van der Waals surface area contributed by atoms with Gasteiger partial charge in [0.25, 0.3) is 0 Å². The van der Waals surface area contributed by atoms with E-state index in [2.05, 4.69) is 40.0 Å². The summed E-state index contributed by atoms with van der Waals surface area (Å²) in [6, 6.07) is 8.25. The van der Waals surface area contributed by atoms with Gasteiger partial charge in [0.05, 0.1) is 5.60 Å². The maximum atomic E-state index is 10.7. The highest BCUT2D eigenvalue weighted by Gasteiger charge is 2.29. The van der Waals surface area contributed by atoms with Crippen LogP contribution in [-0.2, 0) is 6.42 Å². The number of hydrogen-bond donors (Lipinski definition) is 1. The number of nitrogens with zero attached hydrogens (tertiary/aromatic N) is 1. The maximum Gasteiger partial charge on any atom is 0.0700 e. The van der Waals surface area contributed by atoms with E-state index in [1.165, 1.54) is 5.56 Å². The highest BCUT2D eigenvalue weighted by Crippen LogP contribution is 2.27. The fourth-order valence-corrected chi connectivity index (χ4v) is 2.96. The first-order chi connectivity index (χ1) is 8.07. The van der Waals surface area contributed by atoms with E-state index in [1.54, 1.807) is 0 Å². The predicted octanol–water partition coefficient (Wildman–Crippen LogP) is 2.84. The summed E-state index contributed by atoms with van der Waals surface area (Å²) < 4.78 is 1.09. The van der Waals surface area contributed by atoms with Crippen molar-refractivity contribution < 1.29 is 5.11 Å². The molecule has 2 nitrogen and oxygen atoms in total. The number of benzene rings is 1. The van der Waals surface area contributed by atoms with Crippen LogP contribution in [-0.4, -0.2) is 35.7 Å². The standard InChI is InChI=1S/C14H20BrNO/c1-16-8-3-6-14(17,7-9-16)11-12-4-2-5-13(15)10-12/h2,4-5,10,17H,3,6-9,11H2,1H3. The van der Waals surface area contributed by atoms with Gasteiger partial charge >= 0.3 is 0 Å². The van der Waals surface area contributed by atoms with E-state index in [0.717, 1.165) is 43.2 Å². The molecule has 1 saturated heterocycles. The summed E-state index contributed by atoms with van der Waals surface area (Å²) in [5, 5.41) is 10.7. The first-order valence-corrected chi connectivity index (χ1v) is 7.02. The molecule has 0 radical (unpaired) electrons. The van der Waals surface area contributed by atoms with E-state index in [1.807, 2.05) is 12.1 Å². The van der Waals surface area contributed by atoms with E-state index in [0.29, 0.717) is 0 Å². The molecule has 94 valence electrons. The molecule has 0 aliphatic carbocycles. The predicted molar refractivity (Wildman–Crippen MR) is 74.1 cm³/mol. The molecular formula is C14H20BrNO. The van der Waals surface area contributed by atoms with Crippen LogP contribution in [0.2, 0.25) is 0 Å². The lowest BCUT2D eigenvalue weighted by atomic mass is 9.88. The third kappa shape index (κ3) is 3.80. The Morgan fingerprint density at radius 3 is 2.94 bits per heavy atom. The molecule has 1 aliphatic heterocycles. The Kier molecular flexibility index (Phi) is 4.23. The van der Waals surface area contributed by atoms with Crippen LogP contribution in [0.25, 0.3) is 0 Å². The smallest absolute Gasteiger partial charge is 0.0700 e. The molecule has 1 aromatic rings. The SMILES string of the molecule is CN1CCCC(O)(Cc2cccc(Br)c2)CC1. The Morgan fingerprint density at radius 1 is 1.35 bits per heavy atom. The Morgan fingerprint density at radius 2 is 2.18 bits per heavy atom. The van der Waals surface area contributed by atoms with Crippen molar-refractivity contribution in [2.75, 3.05) is 20.1 Å². The summed E-state index contributed by atoms with van der Waals surface area (Å²) in [5.41, 5.74) is 0.692. The molecular weight excluding hydrogens is 278 g/mol. The zero-order valence-electron chi connectivity index (χ0n) is 10.3. The number of likely N-dealkylation sites (tertiary alicyclic amines) is 1. The van der Waals surface area contributed by atoms with E-state index >= 15 is 0 Å². The molecule has 1 heterocycles. The normalized spacial score (nSPS) is 26.8. The van der Waals surface area contributed by atoms with Crippen molar-refractivity contribution in [1.29, 1.82) is 0 Å². The van der Waals surface area contributed by atoms with Crippen molar-refractivity contribution in [3.8, 4) is 0 Å². The van der Waals surface area contributed by atoms with Gasteiger partial charge in [0.15, 0.2) is 0 Å². The van der Waals surface area contributed by atoms with Crippen LogP contribution < -0.4 is 0 Å². The highest BCUT2D eigenvalue weighted by atomic mass is 79.9. The molecule has 17 heavy (non-hydrogen) atoms.